The van der Waals surface area contributed by atoms with E-state index in [2.05, 4.69) is 24.4 Å². The predicted octanol–water partition coefficient (Wildman–Crippen LogP) is 2.88. The van der Waals surface area contributed by atoms with E-state index in [1.54, 1.807) is 11.9 Å². The number of Topliss-reactive ketones (excluding diaryl/α,β-unsaturated/α-hetero) is 1. The first-order valence-electron chi connectivity index (χ1n) is 7.23. The highest BCUT2D eigenvalue weighted by molar-refractivity contribution is 5.94. The molecule has 2 aliphatic rings. The zero-order valence-corrected chi connectivity index (χ0v) is 12.0. The van der Waals surface area contributed by atoms with Gasteiger partial charge in [-0.05, 0) is 48.4 Å². The summed E-state index contributed by atoms with van der Waals surface area (Å²) in [5, 5.41) is 2.88. The molecule has 3 rings (SSSR count). The van der Waals surface area contributed by atoms with Crippen molar-refractivity contribution < 1.29 is 9.59 Å². The summed E-state index contributed by atoms with van der Waals surface area (Å²) in [6, 6.07) is 4.32. The Labute approximate surface area is 119 Å². The highest BCUT2D eigenvalue weighted by Crippen LogP contribution is 2.36. The van der Waals surface area contributed by atoms with E-state index in [-0.39, 0.29) is 6.03 Å². The second-order valence-corrected chi connectivity index (χ2v) is 5.87. The fraction of sp³-hybridized carbons (Fsp3) is 0.500. The molecule has 2 amide bonds. The van der Waals surface area contributed by atoms with Gasteiger partial charge in [0.25, 0.3) is 0 Å². The number of nitrogens with zero attached hydrogens (tertiary/aromatic N) is 1. The lowest BCUT2D eigenvalue weighted by molar-refractivity contribution is -0.120. The van der Waals surface area contributed by atoms with Gasteiger partial charge in [-0.15, -0.1) is 0 Å². The summed E-state index contributed by atoms with van der Waals surface area (Å²) < 4.78 is 0. The molecule has 4 heteroatoms. The number of carbonyl (C=O) groups is 2. The summed E-state index contributed by atoms with van der Waals surface area (Å²) >= 11 is 0. The average Bonchev–Trinajstić information content (AvgIpc) is 2.44. The van der Waals surface area contributed by atoms with Crippen molar-refractivity contribution >= 4 is 17.5 Å². The summed E-state index contributed by atoms with van der Waals surface area (Å²) in [6.45, 7) is 2.70. The highest BCUT2D eigenvalue weighted by Gasteiger charge is 2.25. The number of hydrogen-bond donors (Lipinski definition) is 1. The molecule has 1 aliphatic heterocycles. The maximum absolute atomic E-state index is 11.8. The van der Waals surface area contributed by atoms with Crippen LogP contribution in [0.25, 0.3) is 0 Å². The second kappa shape index (κ2) is 4.93. The maximum atomic E-state index is 11.8. The molecule has 1 aromatic rings. The number of fused-ring (bicyclic) bond motifs is 1. The SMILES string of the molecule is Cc1cc(C2CCC(=O)CC2)cc2c1CNC(=O)N2C. The van der Waals surface area contributed by atoms with Crippen molar-refractivity contribution in [2.75, 3.05) is 11.9 Å². The van der Waals surface area contributed by atoms with Crippen molar-refractivity contribution in [3.05, 3.63) is 28.8 Å². The van der Waals surface area contributed by atoms with Crippen molar-refractivity contribution in [1.29, 1.82) is 0 Å². The molecule has 1 N–H and O–H groups in total. The van der Waals surface area contributed by atoms with Crippen LogP contribution in [0.5, 0.6) is 0 Å². The third-order valence-corrected chi connectivity index (χ3v) is 4.57. The van der Waals surface area contributed by atoms with Gasteiger partial charge in [0.1, 0.15) is 5.78 Å². The Morgan fingerprint density at radius 2 is 1.90 bits per heavy atom. The molecule has 0 spiro atoms. The lowest BCUT2D eigenvalue weighted by atomic mass is 9.82. The number of urea groups is 1. The minimum absolute atomic E-state index is 0.0483. The van der Waals surface area contributed by atoms with E-state index in [4.69, 9.17) is 0 Å². The smallest absolute Gasteiger partial charge is 0.321 e. The summed E-state index contributed by atoms with van der Waals surface area (Å²) in [5.41, 5.74) is 4.71. The summed E-state index contributed by atoms with van der Waals surface area (Å²) in [6.07, 6.45) is 3.26. The van der Waals surface area contributed by atoms with E-state index < -0.39 is 0 Å². The van der Waals surface area contributed by atoms with Crippen LogP contribution >= 0.6 is 0 Å². The molecule has 0 saturated heterocycles. The molecule has 106 valence electrons. The fourth-order valence-corrected chi connectivity index (χ4v) is 3.26. The van der Waals surface area contributed by atoms with E-state index in [9.17, 15) is 9.59 Å². The number of benzene rings is 1. The van der Waals surface area contributed by atoms with Gasteiger partial charge < -0.3 is 5.32 Å². The molecule has 0 unspecified atom stereocenters. The van der Waals surface area contributed by atoms with Crippen LogP contribution in [0.3, 0.4) is 0 Å². The molecular weight excluding hydrogens is 252 g/mol. The molecule has 1 fully saturated rings. The van der Waals surface area contributed by atoms with Crippen LogP contribution in [-0.4, -0.2) is 18.9 Å². The molecule has 0 bridgehead atoms. The Morgan fingerprint density at radius 1 is 1.20 bits per heavy atom. The number of hydrogen-bond acceptors (Lipinski definition) is 2. The van der Waals surface area contributed by atoms with Gasteiger partial charge in [-0.1, -0.05) is 6.07 Å². The van der Waals surface area contributed by atoms with Crippen molar-refractivity contribution in [2.24, 2.45) is 0 Å². The first-order chi connectivity index (χ1) is 9.56. The minimum Gasteiger partial charge on any atom is -0.334 e. The lowest BCUT2D eigenvalue weighted by Crippen LogP contribution is -2.42. The average molecular weight is 272 g/mol. The van der Waals surface area contributed by atoms with Crippen LogP contribution < -0.4 is 10.2 Å². The third kappa shape index (κ3) is 2.19. The van der Waals surface area contributed by atoms with E-state index in [1.807, 2.05) is 0 Å². The number of anilines is 1. The molecule has 0 aromatic heterocycles. The topological polar surface area (TPSA) is 49.4 Å². The van der Waals surface area contributed by atoms with Crippen molar-refractivity contribution in [3.8, 4) is 0 Å². The molecule has 0 radical (unpaired) electrons. The molecule has 1 aromatic carbocycles. The van der Waals surface area contributed by atoms with Gasteiger partial charge in [-0.2, -0.15) is 0 Å². The van der Waals surface area contributed by atoms with Crippen LogP contribution in [-0.2, 0) is 11.3 Å². The zero-order valence-electron chi connectivity index (χ0n) is 12.0. The number of rotatable bonds is 1. The zero-order chi connectivity index (χ0) is 14.3. The van der Waals surface area contributed by atoms with Crippen molar-refractivity contribution in [2.45, 2.75) is 45.1 Å². The number of carbonyl (C=O) groups excluding carboxylic acids is 2. The van der Waals surface area contributed by atoms with Gasteiger partial charge in [0.2, 0.25) is 0 Å². The normalized spacial score (nSPS) is 19.8. The molecule has 20 heavy (non-hydrogen) atoms. The Hall–Kier alpha value is -1.84. The number of amides is 2. The summed E-state index contributed by atoms with van der Waals surface area (Å²) in [5.74, 6) is 0.836. The van der Waals surface area contributed by atoms with Gasteiger partial charge >= 0.3 is 6.03 Å². The van der Waals surface area contributed by atoms with Crippen LogP contribution in [0.2, 0.25) is 0 Å². The van der Waals surface area contributed by atoms with Crippen LogP contribution in [0.15, 0.2) is 12.1 Å². The maximum Gasteiger partial charge on any atom is 0.321 e. The molecular formula is C16H20N2O2. The Kier molecular flexibility index (Phi) is 3.24. The molecule has 0 atom stereocenters. The standard InChI is InChI=1S/C16H20N2O2/c1-10-7-12(11-3-5-13(19)6-4-11)8-15-14(10)9-17-16(20)18(15)2/h7-8,11H,3-6,9H2,1-2H3,(H,17,20). The molecule has 1 heterocycles. The van der Waals surface area contributed by atoms with E-state index >= 15 is 0 Å². The number of ketones is 1. The Balaban J connectivity index is 1.96. The minimum atomic E-state index is -0.0483. The van der Waals surface area contributed by atoms with Crippen LogP contribution in [0, 0.1) is 6.92 Å². The van der Waals surface area contributed by atoms with E-state index in [0.717, 1.165) is 18.5 Å². The Morgan fingerprint density at radius 3 is 2.60 bits per heavy atom. The Bertz CT molecular complexity index is 570. The third-order valence-electron chi connectivity index (χ3n) is 4.57. The number of nitrogens with one attached hydrogen (secondary N) is 1. The van der Waals surface area contributed by atoms with Crippen molar-refractivity contribution in [1.82, 2.24) is 5.32 Å². The van der Waals surface area contributed by atoms with Gasteiger partial charge in [-0.3, -0.25) is 9.69 Å². The largest absolute Gasteiger partial charge is 0.334 e. The number of aryl methyl sites for hydroxylation is 1. The molecule has 4 nitrogen and oxygen atoms in total. The van der Waals surface area contributed by atoms with Crippen LogP contribution in [0.4, 0.5) is 10.5 Å². The van der Waals surface area contributed by atoms with Gasteiger partial charge in [0, 0.05) is 26.4 Å². The van der Waals surface area contributed by atoms with E-state index in [0.29, 0.717) is 31.1 Å². The second-order valence-electron chi connectivity index (χ2n) is 5.87. The van der Waals surface area contributed by atoms with Crippen molar-refractivity contribution in [3.63, 3.8) is 0 Å². The lowest BCUT2D eigenvalue weighted by Gasteiger charge is -2.30. The fourth-order valence-electron chi connectivity index (χ4n) is 3.26. The predicted molar refractivity (Wildman–Crippen MR) is 78.0 cm³/mol. The van der Waals surface area contributed by atoms with Gasteiger partial charge in [0.05, 0.1) is 5.69 Å². The molecule has 1 aliphatic carbocycles. The monoisotopic (exact) mass is 272 g/mol. The highest BCUT2D eigenvalue weighted by atomic mass is 16.2. The molecule has 1 saturated carbocycles. The van der Waals surface area contributed by atoms with Crippen LogP contribution in [0.1, 0.15) is 48.3 Å². The first-order valence-corrected chi connectivity index (χ1v) is 7.23. The first kappa shape index (κ1) is 13.2. The van der Waals surface area contributed by atoms with Gasteiger partial charge in [0.15, 0.2) is 0 Å². The van der Waals surface area contributed by atoms with E-state index in [1.165, 1.54) is 16.7 Å². The van der Waals surface area contributed by atoms with Gasteiger partial charge in [-0.25, -0.2) is 4.79 Å². The summed E-state index contributed by atoms with van der Waals surface area (Å²) in [7, 11) is 1.81. The quantitative estimate of drug-likeness (QED) is 0.854. The summed E-state index contributed by atoms with van der Waals surface area (Å²) in [4.78, 5) is 24.8.